The molecule has 0 spiro atoms. The van der Waals surface area contributed by atoms with Crippen LogP contribution in [0.4, 0.5) is 0 Å². The molecule has 0 radical (unpaired) electrons. The van der Waals surface area contributed by atoms with Crippen molar-refractivity contribution in [2.24, 2.45) is 10.9 Å². The molecular formula is C13H13BN2O2. The largest absolute Gasteiger partial charge is 0.488 e. The summed E-state index contributed by atoms with van der Waals surface area (Å²) in [5.41, 5.74) is 3.40. The first-order chi connectivity index (χ1) is 8.70. The number of hydrogen-bond acceptors (Lipinski definition) is 4. The number of hydrazone groups is 1. The summed E-state index contributed by atoms with van der Waals surface area (Å²) in [6, 6.07) is 14.8. The number of nitrogens with zero attached hydrogens (tertiary/aromatic N) is 1. The first-order valence-corrected chi connectivity index (χ1v) is 5.50. The predicted octanol–water partition coefficient (Wildman–Crippen LogP) is 0.326. The maximum absolute atomic E-state index is 9.02. The molecule has 0 saturated heterocycles. The van der Waals surface area contributed by atoms with Crippen LogP contribution >= 0.6 is 0 Å². The fourth-order valence-corrected chi connectivity index (χ4v) is 1.73. The molecule has 0 amide bonds. The summed E-state index contributed by atoms with van der Waals surface area (Å²) < 4.78 is 0. The Morgan fingerprint density at radius 3 is 2.33 bits per heavy atom. The number of hydrogen-bond donors (Lipinski definition) is 3. The molecule has 0 aliphatic rings. The van der Waals surface area contributed by atoms with Gasteiger partial charge >= 0.3 is 7.12 Å². The van der Waals surface area contributed by atoms with Gasteiger partial charge in [0.15, 0.2) is 0 Å². The Kier molecular flexibility index (Phi) is 3.77. The Bertz CT molecular complexity index is 553. The van der Waals surface area contributed by atoms with Crippen molar-refractivity contribution in [1.82, 2.24) is 0 Å². The van der Waals surface area contributed by atoms with Crippen molar-refractivity contribution in [3.8, 4) is 11.1 Å². The quantitative estimate of drug-likeness (QED) is 0.313. The van der Waals surface area contributed by atoms with Gasteiger partial charge in [0.2, 0.25) is 0 Å². The summed E-state index contributed by atoms with van der Waals surface area (Å²) >= 11 is 0. The number of nitrogens with two attached hydrogens (primary N) is 1. The van der Waals surface area contributed by atoms with Gasteiger partial charge in [0.25, 0.3) is 0 Å². The third-order valence-corrected chi connectivity index (χ3v) is 2.65. The average molecular weight is 240 g/mol. The van der Waals surface area contributed by atoms with Crippen molar-refractivity contribution in [2.45, 2.75) is 0 Å². The fourth-order valence-electron chi connectivity index (χ4n) is 1.73. The summed E-state index contributed by atoms with van der Waals surface area (Å²) in [5.74, 6) is 5.12. The molecule has 2 rings (SSSR count). The zero-order chi connectivity index (χ0) is 13.0. The molecule has 0 unspecified atom stereocenters. The van der Waals surface area contributed by atoms with E-state index in [0.717, 1.165) is 16.7 Å². The molecule has 4 nitrogen and oxygen atoms in total. The van der Waals surface area contributed by atoms with E-state index in [1.54, 1.807) is 18.3 Å². The van der Waals surface area contributed by atoms with Crippen molar-refractivity contribution in [3.05, 3.63) is 54.1 Å². The van der Waals surface area contributed by atoms with Crippen molar-refractivity contribution < 1.29 is 10.0 Å². The molecule has 0 bridgehead atoms. The van der Waals surface area contributed by atoms with E-state index >= 15 is 0 Å². The molecule has 0 heterocycles. The van der Waals surface area contributed by atoms with Crippen LogP contribution in [-0.4, -0.2) is 23.4 Å². The van der Waals surface area contributed by atoms with Gasteiger partial charge in [-0.1, -0.05) is 42.5 Å². The van der Waals surface area contributed by atoms with Crippen molar-refractivity contribution >= 4 is 18.8 Å². The second-order valence-corrected chi connectivity index (χ2v) is 3.90. The standard InChI is InChI=1S/C13H13BN2O2/c15-16-9-10-2-1-3-12(8-10)11-4-6-13(7-5-11)14(17)18/h1-9,17-18H,15H2. The third-order valence-electron chi connectivity index (χ3n) is 2.65. The van der Waals surface area contributed by atoms with Crippen LogP contribution in [0.15, 0.2) is 53.6 Å². The van der Waals surface area contributed by atoms with Gasteiger partial charge in [-0.05, 0) is 28.2 Å². The summed E-state index contributed by atoms with van der Waals surface area (Å²) in [4.78, 5) is 0. The molecular weight excluding hydrogens is 227 g/mol. The van der Waals surface area contributed by atoms with E-state index in [4.69, 9.17) is 15.9 Å². The van der Waals surface area contributed by atoms with Crippen molar-refractivity contribution in [1.29, 1.82) is 0 Å². The zero-order valence-electron chi connectivity index (χ0n) is 9.69. The number of rotatable bonds is 3. The monoisotopic (exact) mass is 240 g/mol. The topological polar surface area (TPSA) is 78.8 Å². The molecule has 0 fully saturated rings. The molecule has 90 valence electrons. The highest BCUT2D eigenvalue weighted by Gasteiger charge is 2.09. The predicted molar refractivity (Wildman–Crippen MR) is 73.5 cm³/mol. The third kappa shape index (κ3) is 2.77. The van der Waals surface area contributed by atoms with Crippen LogP contribution in [0.3, 0.4) is 0 Å². The van der Waals surface area contributed by atoms with Gasteiger partial charge in [-0.3, -0.25) is 0 Å². The van der Waals surface area contributed by atoms with Crippen LogP contribution in [0, 0.1) is 0 Å². The highest BCUT2D eigenvalue weighted by molar-refractivity contribution is 6.58. The molecule has 18 heavy (non-hydrogen) atoms. The lowest BCUT2D eigenvalue weighted by Gasteiger charge is -2.04. The van der Waals surface area contributed by atoms with Crippen LogP contribution in [0.1, 0.15) is 5.56 Å². The molecule has 5 heteroatoms. The number of benzene rings is 2. The lowest BCUT2D eigenvalue weighted by atomic mass is 9.80. The van der Waals surface area contributed by atoms with E-state index in [1.165, 1.54) is 0 Å². The van der Waals surface area contributed by atoms with Crippen LogP contribution in [-0.2, 0) is 0 Å². The SMILES string of the molecule is NN=Cc1cccc(-c2ccc(B(O)O)cc2)c1. The molecule has 0 atom stereocenters. The first-order valence-electron chi connectivity index (χ1n) is 5.50. The van der Waals surface area contributed by atoms with Crippen LogP contribution in [0.5, 0.6) is 0 Å². The lowest BCUT2D eigenvalue weighted by molar-refractivity contribution is 0.426. The summed E-state index contributed by atoms with van der Waals surface area (Å²) in [6.07, 6.45) is 1.58. The summed E-state index contributed by atoms with van der Waals surface area (Å²) in [5, 5.41) is 21.5. The molecule has 0 aromatic heterocycles. The Labute approximate surface area is 106 Å². The molecule has 2 aromatic carbocycles. The smallest absolute Gasteiger partial charge is 0.423 e. The maximum atomic E-state index is 9.02. The highest BCUT2D eigenvalue weighted by Crippen LogP contribution is 2.18. The highest BCUT2D eigenvalue weighted by atomic mass is 16.4. The van der Waals surface area contributed by atoms with Gasteiger partial charge in [-0.2, -0.15) is 5.10 Å². The lowest BCUT2D eigenvalue weighted by Crippen LogP contribution is -2.29. The van der Waals surface area contributed by atoms with Gasteiger partial charge in [-0.25, -0.2) is 0 Å². The second-order valence-electron chi connectivity index (χ2n) is 3.90. The van der Waals surface area contributed by atoms with Gasteiger partial charge in [0.1, 0.15) is 0 Å². The first kappa shape index (κ1) is 12.4. The fraction of sp³-hybridized carbons (Fsp3) is 0. The molecule has 0 aliphatic heterocycles. The van der Waals surface area contributed by atoms with E-state index in [1.807, 2.05) is 36.4 Å². The van der Waals surface area contributed by atoms with Gasteiger partial charge in [-0.15, -0.1) is 0 Å². The Morgan fingerprint density at radius 1 is 1.00 bits per heavy atom. The van der Waals surface area contributed by atoms with E-state index in [0.29, 0.717) is 5.46 Å². The van der Waals surface area contributed by atoms with Crippen LogP contribution < -0.4 is 11.3 Å². The van der Waals surface area contributed by atoms with Crippen LogP contribution in [0.25, 0.3) is 11.1 Å². The van der Waals surface area contributed by atoms with E-state index in [2.05, 4.69) is 5.10 Å². The summed E-state index contributed by atoms with van der Waals surface area (Å²) in [6.45, 7) is 0. The van der Waals surface area contributed by atoms with Crippen molar-refractivity contribution in [2.75, 3.05) is 0 Å². The Balaban J connectivity index is 2.33. The van der Waals surface area contributed by atoms with E-state index in [-0.39, 0.29) is 0 Å². The van der Waals surface area contributed by atoms with Crippen molar-refractivity contribution in [3.63, 3.8) is 0 Å². The van der Waals surface area contributed by atoms with E-state index < -0.39 is 7.12 Å². The molecule has 2 aromatic rings. The Morgan fingerprint density at radius 2 is 1.72 bits per heavy atom. The normalized spacial score (nSPS) is 10.8. The molecule has 4 N–H and O–H groups in total. The van der Waals surface area contributed by atoms with E-state index in [9.17, 15) is 0 Å². The Hall–Kier alpha value is -2.11. The second kappa shape index (κ2) is 5.49. The molecule has 0 saturated carbocycles. The van der Waals surface area contributed by atoms with Gasteiger partial charge in [0, 0.05) is 0 Å². The maximum Gasteiger partial charge on any atom is 0.488 e. The minimum atomic E-state index is -1.44. The minimum Gasteiger partial charge on any atom is -0.423 e. The van der Waals surface area contributed by atoms with Gasteiger partial charge < -0.3 is 15.9 Å². The van der Waals surface area contributed by atoms with Crippen LogP contribution in [0.2, 0.25) is 0 Å². The summed E-state index contributed by atoms with van der Waals surface area (Å²) in [7, 11) is -1.44. The average Bonchev–Trinajstić information content (AvgIpc) is 2.39. The van der Waals surface area contributed by atoms with Gasteiger partial charge in [0.05, 0.1) is 6.21 Å². The minimum absolute atomic E-state index is 0.471. The zero-order valence-corrected chi connectivity index (χ0v) is 9.69. The molecule has 0 aliphatic carbocycles.